The summed E-state index contributed by atoms with van der Waals surface area (Å²) in [7, 11) is 0. The Morgan fingerprint density at radius 2 is 1.96 bits per heavy atom. The van der Waals surface area contributed by atoms with Crippen LogP contribution in [0.4, 0.5) is 10.5 Å². The van der Waals surface area contributed by atoms with Crippen LogP contribution in [-0.2, 0) is 0 Å². The molecule has 2 aromatic carbocycles. The van der Waals surface area contributed by atoms with E-state index < -0.39 is 5.60 Å². The molecule has 0 aliphatic carbocycles. The van der Waals surface area contributed by atoms with Crippen LogP contribution in [0, 0.1) is 6.92 Å². The third-order valence-corrected chi connectivity index (χ3v) is 4.40. The predicted octanol–water partition coefficient (Wildman–Crippen LogP) is 2.62. The Labute approximate surface area is 141 Å². The lowest BCUT2D eigenvalue weighted by molar-refractivity contribution is -0.00246. The van der Waals surface area contributed by atoms with E-state index >= 15 is 0 Å². The Bertz CT molecular complexity index is 730. The zero-order valence-corrected chi connectivity index (χ0v) is 13.7. The predicted molar refractivity (Wildman–Crippen MR) is 93.9 cm³/mol. The summed E-state index contributed by atoms with van der Waals surface area (Å²) in [6.45, 7) is 2.31. The molecule has 3 rings (SSSR count). The number of hydrogen-bond donors (Lipinski definition) is 3. The van der Waals surface area contributed by atoms with Gasteiger partial charge < -0.3 is 20.4 Å². The van der Waals surface area contributed by atoms with Crippen LogP contribution in [0.3, 0.4) is 0 Å². The van der Waals surface area contributed by atoms with Gasteiger partial charge in [0, 0.05) is 12.2 Å². The summed E-state index contributed by atoms with van der Waals surface area (Å²) in [5.41, 5.74) is 2.96. The lowest BCUT2D eigenvalue weighted by atomic mass is 10.0. The normalized spacial score (nSPS) is 20.2. The van der Waals surface area contributed by atoms with Crippen molar-refractivity contribution in [1.82, 2.24) is 4.90 Å². The van der Waals surface area contributed by atoms with Crippen LogP contribution in [0.2, 0.25) is 0 Å². The molecule has 1 aliphatic rings. The van der Waals surface area contributed by atoms with Gasteiger partial charge in [0.05, 0.1) is 13.2 Å². The second-order valence-corrected chi connectivity index (χ2v) is 6.43. The lowest BCUT2D eigenvalue weighted by Gasteiger charge is -2.21. The van der Waals surface area contributed by atoms with Gasteiger partial charge in [0.25, 0.3) is 0 Å². The third-order valence-electron chi connectivity index (χ3n) is 4.40. The molecule has 1 heterocycles. The number of nitrogens with one attached hydrogen (secondary N) is 1. The quantitative estimate of drug-likeness (QED) is 0.812. The Balaban J connectivity index is 1.65. The minimum Gasteiger partial charge on any atom is -0.393 e. The standard InChI is InChI=1S/C19H22N2O3/c1-14-3-2-4-16(11-14)15-5-7-17(8-6-15)20-18(23)21-10-9-19(24,12-21)13-22/h2-8,11,22,24H,9-10,12-13H2,1H3,(H,20,23)/t19-/m1/s1. The van der Waals surface area contributed by atoms with Crippen molar-refractivity contribution in [2.24, 2.45) is 0 Å². The monoisotopic (exact) mass is 326 g/mol. The van der Waals surface area contributed by atoms with Crippen molar-refractivity contribution >= 4 is 11.7 Å². The summed E-state index contributed by atoms with van der Waals surface area (Å²) in [6.07, 6.45) is 0.392. The fraction of sp³-hybridized carbons (Fsp3) is 0.316. The zero-order chi connectivity index (χ0) is 17.2. The molecule has 0 bridgehead atoms. The van der Waals surface area contributed by atoms with E-state index in [9.17, 15) is 9.90 Å². The number of aliphatic hydroxyl groups is 2. The topological polar surface area (TPSA) is 72.8 Å². The molecule has 5 nitrogen and oxygen atoms in total. The molecule has 3 N–H and O–H groups in total. The fourth-order valence-corrected chi connectivity index (χ4v) is 2.93. The molecule has 24 heavy (non-hydrogen) atoms. The summed E-state index contributed by atoms with van der Waals surface area (Å²) >= 11 is 0. The molecule has 0 saturated carbocycles. The summed E-state index contributed by atoms with van der Waals surface area (Å²) < 4.78 is 0. The molecule has 0 unspecified atom stereocenters. The van der Waals surface area contributed by atoms with E-state index in [1.165, 1.54) is 10.5 Å². The molecule has 0 aromatic heterocycles. The first kappa shape index (κ1) is 16.5. The van der Waals surface area contributed by atoms with Gasteiger partial charge in [-0.2, -0.15) is 0 Å². The van der Waals surface area contributed by atoms with Crippen molar-refractivity contribution in [3.05, 3.63) is 54.1 Å². The number of urea groups is 1. The molecule has 2 amide bonds. The minimum atomic E-state index is -1.17. The average molecular weight is 326 g/mol. The van der Waals surface area contributed by atoms with E-state index in [0.717, 1.165) is 11.1 Å². The lowest BCUT2D eigenvalue weighted by Crippen LogP contribution is -2.40. The highest BCUT2D eigenvalue weighted by molar-refractivity contribution is 5.90. The number of hydrogen-bond acceptors (Lipinski definition) is 3. The minimum absolute atomic E-state index is 0.150. The first-order valence-electron chi connectivity index (χ1n) is 8.05. The van der Waals surface area contributed by atoms with E-state index in [4.69, 9.17) is 5.11 Å². The Morgan fingerprint density at radius 1 is 1.21 bits per heavy atom. The molecule has 2 aromatic rings. The van der Waals surface area contributed by atoms with Gasteiger partial charge in [-0.05, 0) is 36.6 Å². The van der Waals surface area contributed by atoms with Gasteiger partial charge in [0.1, 0.15) is 5.60 Å². The van der Waals surface area contributed by atoms with Crippen molar-refractivity contribution in [3.63, 3.8) is 0 Å². The van der Waals surface area contributed by atoms with Crippen LogP contribution in [0.15, 0.2) is 48.5 Å². The van der Waals surface area contributed by atoms with Crippen molar-refractivity contribution in [3.8, 4) is 11.1 Å². The largest absolute Gasteiger partial charge is 0.393 e. The number of anilines is 1. The molecule has 1 saturated heterocycles. The molecule has 126 valence electrons. The summed E-state index contributed by atoms with van der Waals surface area (Å²) in [6, 6.07) is 15.7. The maximum atomic E-state index is 12.2. The van der Waals surface area contributed by atoms with Gasteiger partial charge in [-0.25, -0.2) is 4.79 Å². The first-order valence-corrected chi connectivity index (χ1v) is 8.05. The second kappa shape index (κ2) is 6.63. The number of likely N-dealkylation sites (tertiary alicyclic amines) is 1. The summed E-state index contributed by atoms with van der Waals surface area (Å²) in [5, 5.41) is 22.0. The number of carbonyl (C=O) groups excluding carboxylic acids is 1. The smallest absolute Gasteiger partial charge is 0.321 e. The van der Waals surface area contributed by atoms with Crippen LogP contribution in [-0.4, -0.2) is 46.4 Å². The summed E-state index contributed by atoms with van der Waals surface area (Å²) in [5.74, 6) is 0. The average Bonchev–Trinajstić information content (AvgIpc) is 2.99. The van der Waals surface area contributed by atoms with Crippen LogP contribution >= 0.6 is 0 Å². The van der Waals surface area contributed by atoms with Crippen molar-refractivity contribution < 1.29 is 15.0 Å². The van der Waals surface area contributed by atoms with E-state index in [1.54, 1.807) is 0 Å². The van der Waals surface area contributed by atoms with Gasteiger partial charge in [-0.15, -0.1) is 0 Å². The van der Waals surface area contributed by atoms with Gasteiger partial charge >= 0.3 is 6.03 Å². The number of aryl methyl sites for hydroxylation is 1. The van der Waals surface area contributed by atoms with Gasteiger partial charge in [-0.1, -0.05) is 42.0 Å². The number of nitrogens with zero attached hydrogens (tertiary/aromatic N) is 1. The molecule has 5 heteroatoms. The van der Waals surface area contributed by atoms with Crippen LogP contribution in [0.5, 0.6) is 0 Å². The molecular formula is C19H22N2O3. The number of rotatable bonds is 3. The SMILES string of the molecule is Cc1cccc(-c2ccc(NC(=O)N3CC[C@](O)(CO)C3)cc2)c1. The fourth-order valence-electron chi connectivity index (χ4n) is 2.93. The molecule has 1 aliphatic heterocycles. The van der Waals surface area contributed by atoms with Gasteiger partial charge in [-0.3, -0.25) is 0 Å². The number of β-amino-alcohol motifs (C(OH)–C–C–N with tert-alkyl or cyclic N) is 1. The number of carbonyl (C=O) groups is 1. The van der Waals surface area contributed by atoms with Crippen molar-refractivity contribution in [1.29, 1.82) is 0 Å². The first-order chi connectivity index (χ1) is 11.5. The molecule has 1 fully saturated rings. The molecule has 1 atom stereocenters. The van der Waals surface area contributed by atoms with Crippen molar-refractivity contribution in [2.45, 2.75) is 18.9 Å². The Kier molecular flexibility index (Phi) is 4.55. The van der Waals surface area contributed by atoms with Gasteiger partial charge in [0.15, 0.2) is 0 Å². The molecular weight excluding hydrogens is 304 g/mol. The van der Waals surface area contributed by atoms with Crippen LogP contribution in [0.1, 0.15) is 12.0 Å². The van der Waals surface area contributed by atoms with Crippen molar-refractivity contribution in [2.75, 3.05) is 25.0 Å². The molecule has 0 radical (unpaired) electrons. The second-order valence-electron chi connectivity index (χ2n) is 6.43. The highest BCUT2D eigenvalue weighted by Crippen LogP contribution is 2.24. The van der Waals surface area contributed by atoms with E-state index in [-0.39, 0.29) is 19.2 Å². The summed E-state index contributed by atoms with van der Waals surface area (Å²) in [4.78, 5) is 13.8. The van der Waals surface area contributed by atoms with Crippen LogP contribution < -0.4 is 5.32 Å². The van der Waals surface area contributed by atoms with Gasteiger partial charge in [0.2, 0.25) is 0 Å². The number of aliphatic hydroxyl groups excluding tert-OH is 1. The van der Waals surface area contributed by atoms with E-state index in [1.807, 2.05) is 30.3 Å². The maximum absolute atomic E-state index is 12.2. The Morgan fingerprint density at radius 3 is 2.58 bits per heavy atom. The maximum Gasteiger partial charge on any atom is 0.321 e. The van der Waals surface area contributed by atoms with E-state index in [2.05, 4.69) is 30.4 Å². The Hall–Kier alpha value is -2.37. The van der Waals surface area contributed by atoms with E-state index in [0.29, 0.717) is 18.7 Å². The highest BCUT2D eigenvalue weighted by Gasteiger charge is 2.37. The third kappa shape index (κ3) is 3.58. The zero-order valence-electron chi connectivity index (χ0n) is 13.7. The van der Waals surface area contributed by atoms with Crippen LogP contribution in [0.25, 0.3) is 11.1 Å². The molecule has 0 spiro atoms. The number of amides is 2. The highest BCUT2D eigenvalue weighted by atomic mass is 16.3. The number of benzene rings is 2.